The first-order chi connectivity index (χ1) is 13.8. The van der Waals surface area contributed by atoms with Gasteiger partial charge in [-0.2, -0.15) is 0 Å². The number of nitrogens with zero attached hydrogens (tertiary/aromatic N) is 1. The number of amides is 2. The summed E-state index contributed by atoms with van der Waals surface area (Å²) in [5.74, 6) is -0.150. The summed E-state index contributed by atoms with van der Waals surface area (Å²) in [6.07, 6.45) is -0.0279. The predicted molar refractivity (Wildman–Crippen MR) is 96.7 cm³/mol. The number of carbonyl (C=O) groups is 3. The molecule has 1 fully saturated rings. The number of benzene rings is 1. The molecule has 1 aliphatic heterocycles. The summed E-state index contributed by atoms with van der Waals surface area (Å²) in [5, 5.41) is 16.1. The van der Waals surface area contributed by atoms with Crippen LogP contribution in [0, 0.1) is 10.1 Å². The van der Waals surface area contributed by atoms with Crippen LogP contribution in [-0.2, 0) is 20.9 Å². The van der Waals surface area contributed by atoms with Crippen molar-refractivity contribution in [3.8, 4) is 11.5 Å². The second-order valence-electron chi connectivity index (χ2n) is 6.00. The zero-order chi connectivity index (χ0) is 21.4. The highest BCUT2D eigenvalue weighted by atomic mass is 16.6. The van der Waals surface area contributed by atoms with E-state index in [1.807, 2.05) is 0 Å². The van der Waals surface area contributed by atoms with Crippen molar-refractivity contribution in [2.45, 2.75) is 31.9 Å². The predicted octanol–water partition coefficient (Wildman–Crippen LogP) is 1.64. The number of hydrogen-bond acceptors (Lipinski definition) is 9. The molecule has 12 heteroatoms. The Balaban J connectivity index is 1.78. The lowest BCUT2D eigenvalue weighted by molar-refractivity contribution is -0.385. The monoisotopic (exact) mass is 411 g/mol. The average Bonchev–Trinajstić information content (AvgIpc) is 3.02. The van der Waals surface area contributed by atoms with Crippen LogP contribution < -0.4 is 20.1 Å². The topological polar surface area (TPSA) is 155 Å². The molecule has 0 bridgehead atoms. The molecule has 1 heterocycles. The Morgan fingerprint density at radius 1 is 1.24 bits per heavy atom. The number of nitrogens with one attached hydrogen (secondary N) is 2. The summed E-state index contributed by atoms with van der Waals surface area (Å²) in [7, 11) is 2.74. The van der Waals surface area contributed by atoms with Crippen molar-refractivity contribution in [2.24, 2.45) is 0 Å². The first-order valence-corrected chi connectivity index (χ1v) is 8.67. The molecule has 0 saturated carbocycles. The van der Waals surface area contributed by atoms with Crippen molar-refractivity contribution in [1.29, 1.82) is 0 Å². The number of esters is 1. The van der Waals surface area contributed by atoms with Crippen molar-refractivity contribution in [1.82, 2.24) is 10.6 Å². The third-order valence-electron chi connectivity index (χ3n) is 4.10. The van der Waals surface area contributed by atoms with Gasteiger partial charge in [-0.25, -0.2) is 14.4 Å². The maximum atomic E-state index is 11.8. The molecule has 29 heavy (non-hydrogen) atoms. The van der Waals surface area contributed by atoms with E-state index in [0.29, 0.717) is 19.3 Å². The molecule has 1 aliphatic rings. The summed E-state index contributed by atoms with van der Waals surface area (Å²) < 4.78 is 19.5. The molecule has 0 unspecified atom stereocenters. The summed E-state index contributed by atoms with van der Waals surface area (Å²) in [6, 6.07) is 1.90. The maximum Gasteiger partial charge on any atom is 0.415 e. The molecule has 0 aliphatic carbocycles. The van der Waals surface area contributed by atoms with E-state index in [1.165, 1.54) is 26.4 Å². The molecule has 12 nitrogen and oxygen atoms in total. The van der Waals surface area contributed by atoms with Crippen LogP contribution in [0.1, 0.15) is 24.8 Å². The number of unbranched alkanes of at least 4 members (excludes halogenated alkanes) is 1. The lowest BCUT2D eigenvalue weighted by atomic mass is 10.1. The van der Waals surface area contributed by atoms with Gasteiger partial charge in [-0.15, -0.1) is 0 Å². The van der Waals surface area contributed by atoms with Gasteiger partial charge in [0.15, 0.2) is 11.5 Å². The van der Waals surface area contributed by atoms with Gasteiger partial charge in [0, 0.05) is 6.54 Å². The highest BCUT2D eigenvalue weighted by Crippen LogP contribution is 2.34. The van der Waals surface area contributed by atoms with Crippen molar-refractivity contribution >= 4 is 23.8 Å². The smallest absolute Gasteiger partial charge is 0.415 e. The zero-order valence-corrected chi connectivity index (χ0v) is 15.9. The van der Waals surface area contributed by atoms with Gasteiger partial charge in [-0.1, -0.05) is 0 Å². The molecule has 158 valence electrons. The van der Waals surface area contributed by atoms with E-state index in [4.69, 9.17) is 14.2 Å². The number of cyclic esters (lactones) is 2. The summed E-state index contributed by atoms with van der Waals surface area (Å²) >= 11 is 0. The SMILES string of the molecule is COc1cc(COC(=O)NCCCC[C@@H]2NC(=O)OC2=O)c([N+](=O)[O-])cc1OC. The first kappa shape index (κ1) is 21.7. The number of rotatable bonds is 10. The minimum absolute atomic E-state index is 0.151. The fourth-order valence-corrected chi connectivity index (χ4v) is 2.64. The minimum Gasteiger partial charge on any atom is -0.493 e. The Labute approximate surface area is 165 Å². The molecule has 2 N–H and O–H groups in total. The number of nitro benzene ring substituents is 1. The Hall–Kier alpha value is -3.57. The molecular formula is C17H21N3O9. The summed E-state index contributed by atoms with van der Waals surface area (Å²) in [5.41, 5.74) is -0.112. The molecule has 1 aromatic carbocycles. The molecule has 1 aromatic rings. The van der Waals surface area contributed by atoms with E-state index in [-0.39, 0.29) is 35.9 Å². The van der Waals surface area contributed by atoms with Gasteiger partial charge in [0.2, 0.25) is 0 Å². The molecule has 2 rings (SSSR count). The molecule has 1 atom stereocenters. The van der Waals surface area contributed by atoms with Crippen LogP contribution in [0.25, 0.3) is 0 Å². The van der Waals surface area contributed by atoms with Crippen LogP contribution in [0.4, 0.5) is 15.3 Å². The fourth-order valence-electron chi connectivity index (χ4n) is 2.64. The second kappa shape index (κ2) is 10.1. The quantitative estimate of drug-likeness (QED) is 0.192. The van der Waals surface area contributed by atoms with Crippen molar-refractivity contribution in [2.75, 3.05) is 20.8 Å². The lowest BCUT2D eigenvalue weighted by Crippen LogP contribution is -2.29. The number of hydrogen-bond donors (Lipinski definition) is 2. The first-order valence-electron chi connectivity index (χ1n) is 8.67. The van der Waals surface area contributed by atoms with Crippen LogP contribution in [0.3, 0.4) is 0 Å². The normalized spacial score (nSPS) is 15.3. The van der Waals surface area contributed by atoms with Crippen molar-refractivity contribution < 1.29 is 38.3 Å². The molecule has 0 aromatic heterocycles. The van der Waals surface area contributed by atoms with Crippen molar-refractivity contribution in [3.05, 3.63) is 27.8 Å². The van der Waals surface area contributed by atoms with Gasteiger partial charge < -0.3 is 29.6 Å². The van der Waals surface area contributed by atoms with Crippen LogP contribution in [0.2, 0.25) is 0 Å². The van der Waals surface area contributed by atoms with E-state index >= 15 is 0 Å². The Morgan fingerprint density at radius 3 is 2.52 bits per heavy atom. The van der Waals surface area contributed by atoms with Crippen LogP contribution >= 0.6 is 0 Å². The molecule has 1 saturated heterocycles. The van der Waals surface area contributed by atoms with Gasteiger partial charge in [0.05, 0.1) is 30.8 Å². The lowest BCUT2D eigenvalue weighted by Gasteiger charge is -2.11. The van der Waals surface area contributed by atoms with Gasteiger partial charge in [-0.3, -0.25) is 10.1 Å². The Bertz CT molecular complexity index is 797. The highest BCUT2D eigenvalue weighted by Gasteiger charge is 2.31. The zero-order valence-electron chi connectivity index (χ0n) is 15.9. The highest BCUT2D eigenvalue weighted by molar-refractivity contribution is 5.95. The number of ether oxygens (including phenoxy) is 4. The standard InChI is InChI=1S/C17H21N3O9/c1-26-13-7-10(12(20(24)25)8-14(13)27-2)9-28-16(22)18-6-4-3-5-11-15(21)29-17(23)19-11/h7-8,11H,3-6,9H2,1-2H3,(H,18,22)(H,19,23)/t11-/m0/s1. The molecule has 0 spiro atoms. The Kier molecular flexibility index (Phi) is 7.57. The van der Waals surface area contributed by atoms with Gasteiger partial charge >= 0.3 is 18.2 Å². The Morgan fingerprint density at radius 2 is 1.93 bits per heavy atom. The molecule has 0 radical (unpaired) electrons. The number of carbonyl (C=O) groups excluding carboxylic acids is 3. The minimum atomic E-state index is -0.758. The van der Waals surface area contributed by atoms with E-state index in [2.05, 4.69) is 15.4 Å². The third kappa shape index (κ3) is 5.96. The average molecular weight is 411 g/mol. The summed E-state index contributed by atoms with van der Waals surface area (Å²) in [6.45, 7) is -0.0645. The van der Waals surface area contributed by atoms with Gasteiger partial charge in [0.25, 0.3) is 5.69 Å². The fraction of sp³-hybridized carbons (Fsp3) is 0.471. The van der Waals surface area contributed by atoms with E-state index in [0.717, 1.165) is 0 Å². The number of methoxy groups -OCH3 is 2. The second-order valence-corrected chi connectivity index (χ2v) is 6.00. The maximum absolute atomic E-state index is 11.8. The molecular weight excluding hydrogens is 390 g/mol. The van der Waals surface area contributed by atoms with Crippen molar-refractivity contribution in [3.63, 3.8) is 0 Å². The van der Waals surface area contributed by atoms with E-state index in [9.17, 15) is 24.5 Å². The van der Waals surface area contributed by atoms with Crippen LogP contribution in [0.15, 0.2) is 12.1 Å². The third-order valence-corrected chi connectivity index (χ3v) is 4.10. The van der Waals surface area contributed by atoms with E-state index < -0.39 is 29.1 Å². The van der Waals surface area contributed by atoms with Crippen LogP contribution in [0.5, 0.6) is 11.5 Å². The van der Waals surface area contributed by atoms with E-state index in [1.54, 1.807) is 0 Å². The number of nitro groups is 1. The van der Waals surface area contributed by atoms with Crippen LogP contribution in [-0.4, -0.2) is 49.9 Å². The number of alkyl carbamates (subject to hydrolysis) is 2. The van der Waals surface area contributed by atoms with Gasteiger partial charge in [0.1, 0.15) is 12.6 Å². The largest absolute Gasteiger partial charge is 0.493 e. The van der Waals surface area contributed by atoms with Gasteiger partial charge in [-0.05, 0) is 25.3 Å². The summed E-state index contributed by atoms with van der Waals surface area (Å²) in [4.78, 5) is 44.6. The molecule has 2 amide bonds.